The minimum absolute atomic E-state index is 0.0220. The predicted molar refractivity (Wildman–Crippen MR) is 54.7 cm³/mol. The molecule has 0 radical (unpaired) electrons. The maximum absolute atomic E-state index is 11.5. The molecule has 2 heteroatoms. The Kier molecular flexibility index (Phi) is 2.80. The fourth-order valence-corrected chi connectivity index (χ4v) is 3.40. The van der Waals surface area contributed by atoms with E-state index in [9.17, 15) is 4.79 Å². The molecule has 0 heterocycles. The second-order valence-corrected chi connectivity index (χ2v) is 5.00. The summed E-state index contributed by atoms with van der Waals surface area (Å²) in [5.74, 6) is 2.63. The van der Waals surface area contributed by atoms with Crippen LogP contribution in [0.2, 0.25) is 0 Å². The lowest BCUT2D eigenvalue weighted by atomic mass is 9.62. The molecule has 0 aliphatic heterocycles. The number of esters is 1. The molecule has 0 saturated heterocycles. The quantitative estimate of drug-likeness (QED) is 0.603. The lowest BCUT2D eigenvalue weighted by Crippen LogP contribution is -2.37. The molecule has 2 unspecified atom stereocenters. The Morgan fingerprint density at radius 1 is 1.21 bits per heavy atom. The van der Waals surface area contributed by atoms with Crippen molar-refractivity contribution < 1.29 is 9.53 Å². The molecule has 2 atom stereocenters. The summed E-state index contributed by atoms with van der Waals surface area (Å²) >= 11 is 0. The zero-order chi connectivity index (χ0) is 10.1. The second-order valence-electron chi connectivity index (χ2n) is 5.00. The topological polar surface area (TPSA) is 26.3 Å². The van der Waals surface area contributed by atoms with Crippen LogP contribution in [0.3, 0.4) is 0 Å². The van der Waals surface area contributed by atoms with Crippen LogP contribution in [0, 0.1) is 23.7 Å². The van der Waals surface area contributed by atoms with Crippen molar-refractivity contribution in [3.63, 3.8) is 0 Å². The van der Waals surface area contributed by atoms with E-state index in [0.29, 0.717) is 0 Å². The van der Waals surface area contributed by atoms with E-state index in [1.165, 1.54) is 26.4 Å². The van der Waals surface area contributed by atoms with Crippen LogP contribution in [0.5, 0.6) is 0 Å². The molecule has 14 heavy (non-hydrogen) atoms. The summed E-state index contributed by atoms with van der Waals surface area (Å²) in [5, 5.41) is 0. The molecule has 0 spiro atoms. The first-order valence-corrected chi connectivity index (χ1v) is 5.80. The summed E-state index contributed by atoms with van der Waals surface area (Å²) in [5.41, 5.74) is 0. The SMILES string of the molecule is COC(=O)C1CC2CCCC(C1)C2C. The molecule has 2 nitrogen and oxygen atoms in total. The van der Waals surface area contributed by atoms with Crippen molar-refractivity contribution in [2.24, 2.45) is 23.7 Å². The van der Waals surface area contributed by atoms with E-state index < -0.39 is 0 Å². The van der Waals surface area contributed by atoms with Crippen LogP contribution in [0.25, 0.3) is 0 Å². The third kappa shape index (κ3) is 1.67. The molecule has 2 aliphatic carbocycles. The highest BCUT2D eigenvalue weighted by Crippen LogP contribution is 2.46. The van der Waals surface area contributed by atoms with Crippen LogP contribution in [0.4, 0.5) is 0 Å². The van der Waals surface area contributed by atoms with Gasteiger partial charge in [-0.3, -0.25) is 4.79 Å². The van der Waals surface area contributed by atoms with Crippen molar-refractivity contribution in [2.45, 2.75) is 39.0 Å². The molecular weight excluding hydrogens is 176 g/mol. The highest BCUT2D eigenvalue weighted by Gasteiger charge is 2.40. The van der Waals surface area contributed by atoms with E-state index in [0.717, 1.165) is 30.6 Å². The third-order valence-electron chi connectivity index (χ3n) is 4.35. The highest BCUT2D eigenvalue weighted by atomic mass is 16.5. The van der Waals surface area contributed by atoms with E-state index in [2.05, 4.69) is 6.92 Å². The minimum atomic E-state index is 0.0220. The lowest BCUT2D eigenvalue weighted by Gasteiger charge is -2.43. The lowest BCUT2D eigenvalue weighted by molar-refractivity contribution is -0.149. The van der Waals surface area contributed by atoms with Gasteiger partial charge in [0.15, 0.2) is 0 Å². The summed E-state index contributed by atoms with van der Waals surface area (Å²) < 4.78 is 4.85. The summed E-state index contributed by atoms with van der Waals surface area (Å²) in [4.78, 5) is 11.5. The van der Waals surface area contributed by atoms with Gasteiger partial charge in [-0.25, -0.2) is 0 Å². The summed E-state index contributed by atoms with van der Waals surface area (Å²) in [6, 6.07) is 0. The van der Waals surface area contributed by atoms with Crippen molar-refractivity contribution >= 4 is 5.97 Å². The van der Waals surface area contributed by atoms with Gasteiger partial charge < -0.3 is 4.74 Å². The van der Waals surface area contributed by atoms with Gasteiger partial charge in [-0.15, -0.1) is 0 Å². The largest absolute Gasteiger partial charge is 0.469 e. The monoisotopic (exact) mass is 196 g/mol. The highest BCUT2D eigenvalue weighted by molar-refractivity contribution is 5.72. The molecule has 0 aromatic carbocycles. The summed E-state index contributed by atoms with van der Waals surface area (Å²) in [7, 11) is 1.51. The van der Waals surface area contributed by atoms with Crippen molar-refractivity contribution in [3.8, 4) is 0 Å². The van der Waals surface area contributed by atoms with Crippen LogP contribution < -0.4 is 0 Å². The minimum Gasteiger partial charge on any atom is -0.469 e. The van der Waals surface area contributed by atoms with Gasteiger partial charge in [-0.1, -0.05) is 26.2 Å². The van der Waals surface area contributed by atoms with Crippen molar-refractivity contribution in [3.05, 3.63) is 0 Å². The Hall–Kier alpha value is -0.530. The smallest absolute Gasteiger partial charge is 0.308 e. The van der Waals surface area contributed by atoms with Crippen molar-refractivity contribution in [1.82, 2.24) is 0 Å². The maximum atomic E-state index is 11.5. The molecule has 0 aromatic heterocycles. The number of carbonyl (C=O) groups excluding carboxylic acids is 1. The first-order chi connectivity index (χ1) is 6.72. The first kappa shape index (κ1) is 10.0. The van der Waals surface area contributed by atoms with Gasteiger partial charge in [0.25, 0.3) is 0 Å². The number of fused-ring (bicyclic) bond motifs is 2. The van der Waals surface area contributed by atoms with Gasteiger partial charge in [0.2, 0.25) is 0 Å². The number of hydrogen-bond donors (Lipinski definition) is 0. The second kappa shape index (κ2) is 3.92. The fraction of sp³-hybridized carbons (Fsp3) is 0.917. The molecule has 0 N–H and O–H groups in total. The van der Waals surface area contributed by atoms with Gasteiger partial charge in [0.05, 0.1) is 13.0 Å². The molecule has 0 amide bonds. The van der Waals surface area contributed by atoms with E-state index in [-0.39, 0.29) is 11.9 Å². The van der Waals surface area contributed by atoms with Crippen molar-refractivity contribution in [2.75, 3.05) is 7.11 Å². The van der Waals surface area contributed by atoms with E-state index >= 15 is 0 Å². The summed E-state index contributed by atoms with van der Waals surface area (Å²) in [6.07, 6.45) is 6.17. The number of methoxy groups -OCH3 is 1. The predicted octanol–water partition coefficient (Wildman–Crippen LogP) is 2.62. The van der Waals surface area contributed by atoms with Gasteiger partial charge >= 0.3 is 5.97 Å². The van der Waals surface area contributed by atoms with Crippen LogP contribution in [-0.2, 0) is 9.53 Å². The van der Waals surface area contributed by atoms with Gasteiger partial charge in [-0.2, -0.15) is 0 Å². The van der Waals surface area contributed by atoms with E-state index in [4.69, 9.17) is 4.74 Å². The average molecular weight is 196 g/mol. The fourth-order valence-electron chi connectivity index (χ4n) is 3.40. The maximum Gasteiger partial charge on any atom is 0.308 e. The number of ether oxygens (including phenoxy) is 1. The zero-order valence-corrected chi connectivity index (χ0v) is 9.16. The van der Waals surface area contributed by atoms with Crippen LogP contribution >= 0.6 is 0 Å². The Morgan fingerprint density at radius 2 is 1.79 bits per heavy atom. The van der Waals surface area contributed by atoms with E-state index in [1.54, 1.807) is 0 Å². The number of rotatable bonds is 1. The Balaban J connectivity index is 2.03. The number of carbonyl (C=O) groups is 1. The molecule has 0 aromatic rings. The molecule has 2 bridgehead atoms. The normalized spacial score (nSPS) is 41.9. The summed E-state index contributed by atoms with van der Waals surface area (Å²) in [6.45, 7) is 2.36. The zero-order valence-electron chi connectivity index (χ0n) is 9.16. The Labute approximate surface area is 86.0 Å². The Bertz CT molecular complexity index is 210. The molecule has 2 rings (SSSR count). The molecule has 2 aliphatic rings. The molecule has 2 saturated carbocycles. The molecule has 2 fully saturated rings. The average Bonchev–Trinajstić information content (AvgIpc) is 2.16. The van der Waals surface area contributed by atoms with Gasteiger partial charge in [0, 0.05) is 0 Å². The van der Waals surface area contributed by atoms with Gasteiger partial charge in [0.1, 0.15) is 0 Å². The van der Waals surface area contributed by atoms with Crippen LogP contribution in [0.1, 0.15) is 39.0 Å². The number of hydrogen-bond acceptors (Lipinski definition) is 2. The third-order valence-corrected chi connectivity index (χ3v) is 4.35. The van der Waals surface area contributed by atoms with Crippen LogP contribution in [-0.4, -0.2) is 13.1 Å². The first-order valence-electron chi connectivity index (χ1n) is 5.80. The van der Waals surface area contributed by atoms with E-state index in [1.807, 2.05) is 0 Å². The van der Waals surface area contributed by atoms with Gasteiger partial charge in [-0.05, 0) is 30.6 Å². The van der Waals surface area contributed by atoms with Crippen molar-refractivity contribution in [1.29, 1.82) is 0 Å². The standard InChI is InChI=1S/C12H20O2/c1-8-9-4-3-5-10(8)7-11(6-9)12(13)14-2/h8-11H,3-7H2,1-2H3. The van der Waals surface area contributed by atoms with Crippen LogP contribution in [0.15, 0.2) is 0 Å². The molecule has 80 valence electrons. The molecular formula is C12H20O2. The Morgan fingerprint density at radius 3 is 2.29 bits per heavy atom.